The minimum Gasteiger partial charge on any atom is -0.334 e. The summed E-state index contributed by atoms with van der Waals surface area (Å²) in [5.41, 5.74) is 6.83. The first-order valence-corrected chi connectivity index (χ1v) is 7.56. The van der Waals surface area contributed by atoms with Gasteiger partial charge in [-0.25, -0.2) is 0 Å². The number of hydrogen-bond donors (Lipinski definition) is 1. The van der Waals surface area contributed by atoms with E-state index in [0.29, 0.717) is 11.7 Å². The zero-order valence-electron chi connectivity index (χ0n) is 9.11. The molecule has 4 nitrogen and oxygen atoms in total. The van der Waals surface area contributed by atoms with Crippen LogP contribution >= 0.6 is 43.2 Å². The Morgan fingerprint density at radius 2 is 2.29 bits per heavy atom. The Bertz CT molecular complexity index is 511. The SMILES string of the molecule is CCCC(N)c1noc(-c2cc(Br)sc2Br)n1. The summed E-state index contributed by atoms with van der Waals surface area (Å²) in [6, 6.07) is 1.79. The van der Waals surface area contributed by atoms with Gasteiger partial charge in [0.25, 0.3) is 5.89 Å². The highest BCUT2D eigenvalue weighted by Crippen LogP contribution is 2.37. The summed E-state index contributed by atoms with van der Waals surface area (Å²) >= 11 is 8.44. The first-order chi connectivity index (χ1) is 8.11. The van der Waals surface area contributed by atoms with Crippen LogP contribution in [0, 0.1) is 0 Å². The van der Waals surface area contributed by atoms with E-state index in [1.807, 2.05) is 6.07 Å². The predicted octanol–water partition coefficient (Wildman–Crippen LogP) is 4.12. The van der Waals surface area contributed by atoms with Gasteiger partial charge in [-0.1, -0.05) is 18.5 Å². The lowest BCUT2D eigenvalue weighted by atomic mass is 10.2. The van der Waals surface area contributed by atoms with Gasteiger partial charge in [0.2, 0.25) is 0 Å². The van der Waals surface area contributed by atoms with Gasteiger partial charge in [-0.3, -0.25) is 0 Å². The second kappa shape index (κ2) is 5.60. The van der Waals surface area contributed by atoms with Gasteiger partial charge in [-0.2, -0.15) is 4.98 Å². The minimum absolute atomic E-state index is 0.154. The van der Waals surface area contributed by atoms with Crippen LogP contribution in [0.1, 0.15) is 31.6 Å². The summed E-state index contributed by atoms with van der Waals surface area (Å²) in [6.07, 6.45) is 1.85. The lowest BCUT2D eigenvalue weighted by Gasteiger charge is -2.02. The van der Waals surface area contributed by atoms with Crippen LogP contribution in [-0.2, 0) is 0 Å². The molecule has 0 spiro atoms. The molecule has 2 aromatic rings. The first-order valence-electron chi connectivity index (χ1n) is 5.16. The van der Waals surface area contributed by atoms with Crippen molar-refractivity contribution in [3.05, 3.63) is 19.5 Å². The van der Waals surface area contributed by atoms with Gasteiger partial charge < -0.3 is 10.3 Å². The normalized spacial score (nSPS) is 12.9. The number of aromatic nitrogens is 2. The van der Waals surface area contributed by atoms with Crippen LogP contribution in [0.4, 0.5) is 0 Å². The molecular weight excluding hydrogens is 370 g/mol. The molecule has 92 valence electrons. The van der Waals surface area contributed by atoms with E-state index >= 15 is 0 Å². The highest BCUT2D eigenvalue weighted by atomic mass is 79.9. The van der Waals surface area contributed by atoms with Crippen molar-refractivity contribution in [2.75, 3.05) is 0 Å². The maximum atomic E-state index is 5.94. The van der Waals surface area contributed by atoms with Gasteiger partial charge in [0.1, 0.15) is 0 Å². The largest absolute Gasteiger partial charge is 0.334 e. The molecule has 0 aromatic carbocycles. The second-order valence-electron chi connectivity index (χ2n) is 3.59. The molecule has 0 fully saturated rings. The predicted molar refractivity (Wildman–Crippen MR) is 74.8 cm³/mol. The Balaban J connectivity index is 2.26. The van der Waals surface area contributed by atoms with Crippen LogP contribution in [0.2, 0.25) is 0 Å². The Kier molecular flexibility index (Phi) is 4.35. The monoisotopic (exact) mass is 379 g/mol. The number of nitrogens with two attached hydrogens (primary N) is 1. The van der Waals surface area contributed by atoms with Crippen molar-refractivity contribution in [1.29, 1.82) is 0 Å². The fourth-order valence-electron chi connectivity index (χ4n) is 1.42. The van der Waals surface area contributed by atoms with Crippen LogP contribution in [0.3, 0.4) is 0 Å². The molecule has 1 atom stereocenters. The zero-order chi connectivity index (χ0) is 12.4. The molecule has 7 heteroatoms. The van der Waals surface area contributed by atoms with Crippen LogP contribution in [0.25, 0.3) is 11.5 Å². The first kappa shape index (κ1) is 13.2. The number of halogens is 2. The maximum Gasteiger partial charge on any atom is 0.260 e. The number of hydrogen-bond acceptors (Lipinski definition) is 5. The lowest BCUT2D eigenvalue weighted by molar-refractivity contribution is 0.413. The molecule has 0 aliphatic heterocycles. The average Bonchev–Trinajstić information content (AvgIpc) is 2.85. The molecule has 2 heterocycles. The quantitative estimate of drug-likeness (QED) is 0.866. The second-order valence-corrected chi connectivity index (χ2v) is 7.34. The molecule has 0 amide bonds. The molecule has 2 rings (SSSR count). The van der Waals surface area contributed by atoms with Gasteiger partial charge >= 0.3 is 0 Å². The molecule has 0 radical (unpaired) electrons. The van der Waals surface area contributed by atoms with E-state index in [4.69, 9.17) is 10.3 Å². The van der Waals surface area contributed by atoms with Gasteiger partial charge in [0.05, 0.1) is 19.2 Å². The van der Waals surface area contributed by atoms with Crippen LogP contribution in [0.5, 0.6) is 0 Å². The standard InChI is InChI=1S/C10H11Br2N3OS/c1-2-3-6(13)9-14-10(16-15-9)5-4-7(11)17-8(5)12/h4,6H,2-3,13H2,1H3. The molecule has 0 aliphatic rings. The van der Waals surface area contributed by atoms with Crippen molar-refractivity contribution in [3.8, 4) is 11.5 Å². The number of rotatable bonds is 4. The van der Waals surface area contributed by atoms with Gasteiger partial charge in [0, 0.05) is 0 Å². The summed E-state index contributed by atoms with van der Waals surface area (Å²) in [4.78, 5) is 4.33. The summed E-state index contributed by atoms with van der Waals surface area (Å²) < 4.78 is 7.20. The summed E-state index contributed by atoms with van der Waals surface area (Å²) in [6.45, 7) is 2.08. The highest BCUT2D eigenvalue weighted by Gasteiger charge is 2.17. The van der Waals surface area contributed by atoms with Crippen LogP contribution in [0.15, 0.2) is 18.2 Å². The highest BCUT2D eigenvalue weighted by molar-refractivity contribution is 9.12. The molecule has 0 saturated carbocycles. The fourth-order valence-corrected chi connectivity index (χ4v) is 4.20. The van der Waals surface area contributed by atoms with Gasteiger partial charge in [-0.15, -0.1) is 11.3 Å². The van der Waals surface area contributed by atoms with Gasteiger partial charge in [0.15, 0.2) is 5.82 Å². The Labute approximate surface area is 120 Å². The van der Waals surface area contributed by atoms with Gasteiger partial charge in [-0.05, 0) is 44.3 Å². The number of nitrogens with zero attached hydrogens (tertiary/aromatic N) is 2. The summed E-state index contributed by atoms with van der Waals surface area (Å²) in [5.74, 6) is 1.07. The molecule has 2 aromatic heterocycles. The smallest absolute Gasteiger partial charge is 0.260 e. The minimum atomic E-state index is -0.154. The molecule has 0 bridgehead atoms. The van der Waals surface area contributed by atoms with Crippen molar-refractivity contribution in [1.82, 2.24) is 10.1 Å². The Morgan fingerprint density at radius 3 is 2.88 bits per heavy atom. The Morgan fingerprint density at radius 1 is 1.53 bits per heavy atom. The van der Waals surface area contributed by atoms with Crippen molar-refractivity contribution in [2.45, 2.75) is 25.8 Å². The van der Waals surface area contributed by atoms with E-state index in [9.17, 15) is 0 Å². The molecular formula is C10H11Br2N3OS. The molecule has 1 unspecified atom stereocenters. The molecule has 0 aliphatic carbocycles. The van der Waals surface area contributed by atoms with E-state index < -0.39 is 0 Å². The zero-order valence-corrected chi connectivity index (χ0v) is 13.1. The Hall–Kier alpha value is -0.240. The molecule has 2 N–H and O–H groups in total. The molecule has 0 saturated heterocycles. The third kappa shape index (κ3) is 2.96. The van der Waals surface area contributed by atoms with E-state index in [0.717, 1.165) is 26.0 Å². The van der Waals surface area contributed by atoms with E-state index in [1.54, 1.807) is 11.3 Å². The van der Waals surface area contributed by atoms with Crippen molar-refractivity contribution in [2.24, 2.45) is 5.73 Å². The van der Waals surface area contributed by atoms with Crippen molar-refractivity contribution in [3.63, 3.8) is 0 Å². The van der Waals surface area contributed by atoms with Crippen molar-refractivity contribution < 1.29 is 4.52 Å². The molecule has 17 heavy (non-hydrogen) atoms. The van der Waals surface area contributed by atoms with Crippen LogP contribution in [-0.4, -0.2) is 10.1 Å². The van der Waals surface area contributed by atoms with E-state index in [2.05, 4.69) is 48.9 Å². The summed E-state index contributed by atoms with van der Waals surface area (Å²) in [7, 11) is 0. The maximum absolute atomic E-state index is 5.94. The lowest BCUT2D eigenvalue weighted by Crippen LogP contribution is -2.11. The van der Waals surface area contributed by atoms with E-state index in [-0.39, 0.29) is 6.04 Å². The van der Waals surface area contributed by atoms with E-state index in [1.165, 1.54) is 0 Å². The third-order valence-electron chi connectivity index (χ3n) is 2.26. The fraction of sp³-hybridized carbons (Fsp3) is 0.400. The number of thiophene rings is 1. The topological polar surface area (TPSA) is 64.9 Å². The van der Waals surface area contributed by atoms with Crippen molar-refractivity contribution >= 4 is 43.2 Å². The third-order valence-corrected chi connectivity index (χ3v) is 4.60. The average molecular weight is 381 g/mol. The summed E-state index contributed by atoms with van der Waals surface area (Å²) in [5, 5.41) is 3.92. The van der Waals surface area contributed by atoms with Crippen LogP contribution < -0.4 is 5.73 Å².